The van der Waals surface area contributed by atoms with Gasteiger partial charge in [0, 0.05) is 44.6 Å². The van der Waals surface area contributed by atoms with E-state index in [1.165, 1.54) is 27.4 Å². The zero-order chi connectivity index (χ0) is 32.0. The average molecular weight is 611 g/mol. The van der Waals surface area contributed by atoms with Crippen LogP contribution >= 0.6 is 0 Å². The second-order valence-corrected chi connectivity index (χ2v) is 12.9. The summed E-state index contributed by atoms with van der Waals surface area (Å²) in [5.74, 6) is 1.07. The maximum atomic E-state index is 5.63. The fraction of sp³-hybridized carbons (Fsp3) is 0.0952. The molecule has 8 rings (SSSR count). The minimum Gasteiger partial charge on any atom is -0.334 e. The van der Waals surface area contributed by atoms with Gasteiger partial charge in [0.15, 0.2) is 0 Å². The van der Waals surface area contributed by atoms with E-state index in [1.807, 2.05) is 48.5 Å². The first-order valence-electron chi connectivity index (χ1n) is 15.9. The fourth-order valence-electron chi connectivity index (χ4n) is 6.29. The van der Waals surface area contributed by atoms with Crippen molar-refractivity contribution in [1.29, 1.82) is 0 Å². The molecule has 5 nitrogen and oxygen atoms in total. The molecule has 228 valence electrons. The van der Waals surface area contributed by atoms with Crippen LogP contribution in [0.3, 0.4) is 0 Å². The average Bonchev–Trinajstić information content (AvgIpc) is 3.73. The Kier molecular flexibility index (Phi) is 6.95. The summed E-state index contributed by atoms with van der Waals surface area (Å²) in [7, 11) is 0. The van der Waals surface area contributed by atoms with E-state index in [0.29, 0.717) is 11.7 Å². The summed E-state index contributed by atoms with van der Waals surface area (Å²) in [6, 6.07) is 53.0. The Hall–Kier alpha value is -5.94. The smallest absolute Gasteiger partial charge is 0.258 e. The number of anilines is 3. The molecule has 2 aromatic heterocycles. The third-order valence-corrected chi connectivity index (χ3v) is 8.75. The second kappa shape index (κ2) is 11.5. The minimum absolute atomic E-state index is 0.0780. The summed E-state index contributed by atoms with van der Waals surface area (Å²) in [6.45, 7) is 6.81. The van der Waals surface area contributed by atoms with Crippen molar-refractivity contribution in [2.75, 3.05) is 4.90 Å². The number of nitrogens with zero attached hydrogens (tertiary/aromatic N) is 4. The SMILES string of the molecule is CC(C)(C)c1ccc2c(c1)c1ccccc1n2-c1ccc(N(c2ccccc2)c2ccc(-c3nc(-c4ccccc4)no3)cc2)cc1. The van der Waals surface area contributed by atoms with Gasteiger partial charge in [-0.1, -0.05) is 98.7 Å². The molecule has 0 bridgehead atoms. The quantitative estimate of drug-likeness (QED) is 0.188. The van der Waals surface area contributed by atoms with Crippen molar-refractivity contribution >= 4 is 38.9 Å². The Balaban J connectivity index is 1.17. The van der Waals surface area contributed by atoms with Crippen molar-refractivity contribution < 1.29 is 4.52 Å². The molecule has 5 heteroatoms. The van der Waals surface area contributed by atoms with Gasteiger partial charge in [-0.25, -0.2) is 0 Å². The summed E-state index contributed by atoms with van der Waals surface area (Å²) in [6.07, 6.45) is 0. The molecule has 0 aliphatic heterocycles. The maximum absolute atomic E-state index is 5.63. The van der Waals surface area contributed by atoms with Crippen molar-refractivity contribution in [3.63, 3.8) is 0 Å². The van der Waals surface area contributed by atoms with E-state index in [1.54, 1.807) is 0 Å². The van der Waals surface area contributed by atoms with E-state index >= 15 is 0 Å². The first-order chi connectivity index (χ1) is 22.9. The highest BCUT2D eigenvalue weighted by Gasteiger charge is 2.19. The third kappa shape index (κ3) is 5.26. The molecule has 0 amide bonds. The Morgan fingerprint density at radius 2 is 1.15 bits per heavy atom. The van der Waals surface area contributed by atoms with Gasteiger partial charge in [0.25, 0.3) is 5.89 Å². The van der Waals surface area contributed by atoms with E-state index < -0.39 is 0 Å². The molecule has 0 unspecified atom stereocenters. The number of para-hydroxylation sites is 2. The Morgan fingerprint density at radius 1 is 0.553 bits per heavy atom. The van der Waals surface area contributed by atoms with Crippen LogP contribution in [0.1, 0.15) is 26.3 Å². The highest BCUT2D eigenvalue weighted by molar-refractivity contribution is 6.09. The number of benzene rings is 6. The highest BCUT2D eigenvalue weighted by Crippen LogP contribution is 2.38. The van der Waals surface area contributed by atoms with Gasteiger partial charge in [0.05, 0.1) is 11.0 Å². The molecule has 2 heterocycles. The van der Waals surface area contributed by atoms with Gasteiger partial charge < -0.3 is 14.0 Å². The molecule has 0 atom stereocenters. The van der Waals surface area contributed by atoms with Crippen molar-refractivity contribution in [3.8, 4) is 28.5 Å². The van der Waals surface area contributed by atoms with Crippen molar-refractivity contribution in [2.24, 2.45) is 0 Å². The van der Waals surface area contributed by atoms with Gasteiger partial charge >= 0.3 is 0 Å². The molecular formula is C42H34N4O. The summed E-state index contributed by atoms with van der Waals surface area (Å²) >= 11 is 0. The molecule has 8 aromatic rings. The lowest BCUT2D eigenvalue weighted by molar-refractivity contribution is 0.432. The van der Waals surface area contributed by atoms with Gasteiger partial charge in [-0.05, 0) is 89.8 Å². The molecule has 0 fully saturated rings. The largest absolute Gasteiger partial charge is 0.334 e. The molecule has 0 saturated carbocycles. The predicted octanol–water partition coefficient (Wildman–Crippen LogP) is 11.3. The Bertz CT molecular complexity index is 2310. The number of fused-ring (bicyclic) bond motifs is 3. The molecule has 0 radical (unpaired) electrons. The molecule has 0 saturated heterocycles. The summed E-state index contributed by atoms with van der Waals surface area (Å²) in [5, 5.41) is 6.74. The van der Waals surface area contributed by atoms with Crippen LogP contribution < -0.4 is 4.90 Å². The van der Waals surface area contributed by atoms with Crippen LogP contribution in [-0.4, -0.2) is 14.7 Å². The monoisotopic (exact) mass is 610 g/mol. The van der Waals surface area contributed by atoms with Crippen LogP contribution in [-0.2, 0) is 5.41 Å². The van der Waals surface area contributed by atoms with Crippen LogP contribution in [0.5, 0.6) is 0 Å². The number of hydrogen-bond acceptors (Lipinski definition) is 4. The lowest BCUT2D eigenvalue weighted by atomic mass is 9.86. The topological polar surface area (TPSA) is 47.1 Å². The number of hydrogen-bond donors (Lipinski definition) is 0. The van der Waals surface area contributed by atoms with Gasteiger partial charge in [0.1, 0.15) is 0 Å². The molecule has 0 N–H and O–H groups in total. The minimum atomic E-state index is 0.0780. The molecule has 0 spiro atoms. The molecule has 6 aromatic carbocycles. The predicted molar refractivity (Wildman–Crippen MR) is 193 cm³/mol. The van der Waals surface area contributed by atoms with Crippen LogP contribution in [0, 0.1) is 0 Å². The fourth-order valence-corrected chi connectivity index (χ4v) is 6.29. The zero-order valence-corrected chi connectivity index (χ0v) is 26.6. The van der Waals surface area contributed by atoms with E-state index in [0.717, 1.165) is 33.9 Å². The lowest BCUT2D eigenvalue weighted by Gasteiger charge is -2.26. The molecular weight excluding hydrogens is 576 g/mol. The zero-order valence-electron chi connectivity index (χ0n) is 26.6. The van der Waals surface area contributed by atoms with E-state index in [2.05, 4.69) is 144 Å². The molecule has 0 aliphatic rings. The van der Waals surface area contributed by atoms with Gasteiger partial charge in [-0.3, -0.25) is 0 Å². The Morgan fingerprint density at radius 3 is 1.85 bits per heavy atom. The van der Waals surface area contributed by atoms with Gasteiger partial charge in [0.2, 0.25) is 5.82 Å². The summed E-state index contributed by atoms with van der Waals surface area (Å²) in [5.41, 5.74) is 9.90. The van der Waals surface area contributed by atoms with Crippen LogP contribution in [0.15, 0.2) is 156 Å². The van der Waals surface area contributed by atoms with E-state index in [4.69, 9.17) is 4.52 Å². The van der Waals surface area contributed by atoms with Crippen molar-refractivity contribution in [1.82, 2.24) is 14.7 Å². The first-order valence-corrected chi connectivity index (χ1v) is 15.9. The highest BCUT2D eigenvalue weighted by atomic mass is 16.5. The van der Waals surface area contributed by atoms with Gasteiger partial charge in [-0.15, -0.1) is 0 Å². The Labute approximate surface area is 274 Å². The van der Waals surface area contributed by atoms with Crippen molar-refractivity contribution in [3.05, 3.63) is 157 Å². The van der Waals surface area contributed by atoms with Crippen LogP contribution in [0.4, 0.5) is 17.1 Å². The summed E-state index contributed by atoms with van der Waals surface area (Å²) in [4.78, 5) is 6.90. The molecule has 0 aliphatic carbocycles. The first kappa shape index (κ1) is 28.5. The second-order valence-electron chi connectivity index (χ2n) is 12.9. The number of rotatable bonds is 6. The standard InChI is InChI=1S/C42H34N4O/c1-42(2,3)31-20-27-39-37(28-31)36-16-10-11-17-38(36)46(39)35-25-23-34(24-26-35)45(32-14-8-5-9-15-32)33-21-18-30(19-22-33)41-43-40(44-47-41)29-12-6-4-7-13-29/h4-28H,1-3H3. The van der Waals surface area contributed by atoms with E-state index in [-0.39, 0.29) is 5.41 Å². The van der Waals surface area contributed by atoms with Crippen LogP contribution in [0.25, 0.3) is 50.3 Å². The maximum Gasteiger partial charge on any atom is 0.258 e. The lowest BCUT2D eigenvalue weighted by Crippen LogP contribution is -2.10. The normalized spacial score (nSPS) is 11.7. The van der Waals surface area contributed by atoms with E-state index in [9.17, 15) is 0 Å². The number of aromatic nitrogens is 3. The molecule has 47 heavy (non-hydrogen) atoms. The summed E-state index contributed by atoms with van der Waals surface area (Å²) < 4.78 is 8.00. The van der Waals surface area contributed by atoms with Gasteiger partial charge in [-0.2, -0.15) is 4.98 Å². The van der Waals surface area contributed by atoms with Crippen LogP contribution in [0.2, 0.25) is 0 Å². The van der Waals surface area contributed by atoms with Crippen molar-refractivity contribution in [2.45, 2.75) is 26.2 Å². The third-order valence-electron chi connectivity index (χ3n) is 8.75.